The molecule has 0 unspecified atom stereocenters. The number of hydrogen-bond acceptors (Lipinski definition) is 9. The lowest BCUT2D eigenvalue weighted by Crippen LogP contribution is -2.37. The van der Waals surface area contributed by atoms with Crippen molar-refractivity contribution >= 4 is 23.4 Å². The molecule has 4 rings (SSSR count). The first kappa shape index (κ1) is 18.8. The van der Waals surface area contributed by atoms with Crippen LogP contribution in [0.1, 0.15) is 0 Å². The second-order valence-corrected chi connectivity index (χ2v) is 6.35. The first-order chi connectivity index (χ1) is 14.1. The maximum absolute atomic E-state index is 14.3. The van der Waals surface area contributed by atoms with Crippen molar-refractivity contribution in [2.45, 2.75) is 0 Å². The van der Waals surface area contributed by atoms with Crippen molar-refractivity contribution in [1.29, 1.82) is 0 Å². The summed E-state index contributed by atoms with van der Waals surface area (Å²) in [4.78, 5) is 10.3. The maximum Gasteiger partial charge on any atom is 0.227 e. The predicted molar refractivity (Wildman–Crippen MR) is 107 cm³/mol. The van der Waals surface area contributed by atoms with Crippen molar-refractivity contribution in [2.24, 2.45) is 0 Å². The van der Waals surface area contributed by atoms with Crippen LogP contribution < -0.4 is 20.7 Å². The van der Waals surface area contributed by atoms with Gasteiger partial charge in [-0.05, 0) is 23.8 Å². The van der Waals surface area contributed by atoms with E-state index in [4.69, 9.17) is 15.2 Å². The number of morpholine rings is 1. The van der Waals surface area contributed by atoms with Crippen LogP contribution in [0.3, 0.4) is 0 Å². The molecule has 0 bridgehead atoms. The van der Waals surface area contributed by atoms with Crippen LogP contribution >= 0.6 is 0 Å². The molecule has 29 heavy (non-hydrogen) atoms. The minimum absolute atomic E-state index is 0.0150. The van der Waals surface area contributed by atoms with Gasteiger partial charge in [0.25, 0.3) is 0 Å². The van der Waals surface area contributed by atoms with Gasteiger partial charge in [0.2, 0.25) is 5.95 Å². The largest absolute Gasteiger partial charge is 0.497 e. The fraction of sp³-hybridized carbons (Fsp3) is 0.263. The van der Waals surface area contributed by atoms with E-state index >= 15 is 0 Å². The quantitative estimate of drug-likeness (QED) is 0.669. The van der Waals surface area contributed by atoms with E-state index in [2.05, 4.69) is 25.5 Å². The molecule has 0 atom stereocenters. The van der Waals surface area contributed by atoms with E-state index in [0.717, 1.165) is 17.5 Å². The van der Waals surface area contributed by atoms with E-state index in [1.807, 2.05) is 29.2 Å². The molecular formula is C19H20FN7O2. The van der Waals surface area contributed by atoms with Crippen LogP contribution in [0.15, 0.2) is 36.5 Å². The maximum atomic E-state index is 14.3. The highest BCUT2D eigenvalue weighted by molar-refractivity contribution is 5.76. The molecule has 3 N–H and O–H groups in total. The number of nitrogens with two attached hydrogens (primary N) is 1. The highest BCUT2D eigenvalue weighted by Crippen LogP contribution is 2.29. The SMILES string of the molecule is COc1ccc(-c2cc(Nc3nc(N4CCOCC4)ncc3F)nnc2N)cc1. The summed E-state index contributed by atoms with van der Waals surface area (Å²) in [5.74, 6) is 1.16. The Morgan fingerprint density at radius 3 is 2.66 bits per heavy atom. The normalized spacial score (nSPS) is 13.9. The zero-order chi connectivity index (χ0) is 20.2. The summed E-state index contributed by atoms with van der Waals surface area (Å²) in [6.45, 7) is 2.46. The Hall–Kier alpha value is -3.53. The first-order valence-electron chi connectivity index (χ1n) is 9.04. The van der Waals surface area contributed by atoms with Gasteiger partial charge >= 0.3 is 0 Å². The van der Waals surface area contributed by atoms with E-state index in [1.165, 1.54) is 0 Å². The summed E-state index contributed by atoms with van der Waals surface area (Å²) >= 11 is 0. The van der Waals surface area contributed by atoms with Gasteiger partial charge in [-0.1, -0.05) is 12.1 Å². The van der Waals surface area contributed by atoms with Gasteiger partial charge in [0, 0.05) is 18.7 Å². The number of methoxy groups -OCH3 is 1. The summed E-state index contributed by atoms with van der Waals surface area (Å²) in [6, 6.07) is 9.05. The average Bonchev–Trinajstić information content (AvgIpc) is 2.77. The molecule has 150 valence electrons. The monoisotopic (exact) mass is 397 g/mol. The van der Waals surface area contributed by atoms with Gasteiger partial charge in [-0.25, -0.2) is 9.37 Å². The van der Waals surface area contributed by atoms with Gasteiger partial charge in [0.15, 0.2) is 23.3 Å². The molecule has 1 saturated heterocycles. The second kappa shape index (κ2) is 8.23. The zero-order valence-corrected chi connectivity index (χ0v) is 15.8. The molecule has 10 heteroatoms. The van der Waals surface area contributed by atoms with Crippen LogP contribution in [0.4, 0.5) is 27.8 Å². The topological polar surface area (TPSA) is 111 Å². The number of ether oxygens (including phenoxy) is 2. The molecule has 2 aromatic heterocycles. The Morgan fingerprint density at radius 2 is 1.93 bits per heavy atom. The van der Waals surface area contributed by atoms with Crippen LogP contribution in [0.5, 0.6) is 5.75 Å². The van der Waals surface area contributed by atoms with Crippen LogP contribution in [-0.4, -0.2) is 53.6 Å². The Morgan fingerprint density at radius 1 is 1.17 bits per heavy atom. The Balaban J connectivity index is 1.61. The van der Waals surface area contributed by atoms with E-state index in [1.54, 1.807) is 13.2 Å². The van der Waals surface area contributed by atoms with Gasteiger partial charge in [-0.2, -0.15) is 4.98 Å². The minimum Gasteiger partial charge on any atom is -0.497 e. The summed E-state index contributed by atoms with van der Waals surface area (Å²) in [5, 5.41) is 10.9. The van der Waals surface area contributed by atoms with E-state index in [0.29, 0.717) is 43.6 Å². The molecular weight excluding hydrogens is 377 g/mol. The Bertz CT molecular complexity index is 994. The lowest BCUT2D eigenvalue weighted by atomic mass is 10.1. The van der Waals surface area contributed by atoms with Gasteiger partial charge in [0.05, 0.1) is 26.5 Å². The molecule has 9 nitrogen and oxygen atoms in total. The molecule has 0 saturated carbocycles. The number of nitrogens with one attached hydrogen (secondary N) is 1. The minimum atomic E-state index is -0.591. The molecule has 0 aliphatic carbocycles. The number of nitrogen functional groups attached to an aromatic ring is 1. The summed E-state index contributed by atoms with van der Waals surface area (Å²) < 4.78 is 24.8. The number of rotatable bonds is 5. The molecule has 0 spiro atoms. The van der Waals surface area contributed by atoms with E-state index < -0.39 is 5.82 Å². The van der Waals surface area contributed by atoms with Crippen molar-refractivity contribution in [3.63, 3.8) is 0 Å². The molecule has 3 heterocycles. The van der Waals surface area contributed by atoms with Crippen molar-refractivity contribution in [1.82, 2.24) is 20.2 Å². The third-order valence-electron chi connectivity index (χ3n) is 4.50. The molecule has 1 aliphatic heterocycles. The number of aromatic nitrogens is 4. The lowest BCUT2D eigenvalue weighted by Gasteiger charge is -2.26. The van der Waals surface area contributed by atoms with Gasteiger partial charge in [-0.3, -0.25) is 0 Å². The third kappa shape index (κ3) is 4.16. The van der Waals surface area contributed by atoms with Crippen LogP contribution in [-0.2, 0) is 4.74 Å². The zero-order valence-electron chi connectivity index (χ0n) is 15.8. The Labute approximate surface area is 166 Å². The third-order valence-corrected chi connectivity index (χ3v) is 4.50. The summed E-state index contributed by atoms with van der Waals surface area (Å²) in [6.07, 6.45) is 1.13. The molecule has 1 aliphatic rings. The number of anilines is 4. The van der Waals surface area contributed by atoms with Crippen molar-refractivity contribution in [3.8, 4) is 16.9 Å². The van der Waals surface area contributed by atoms with Crippen LogP contribution in [0.25, 0.3) is 11.1 Å². The molecule has 0 amide bonds. The summed E-state index contributed by atoms with van der Waals surface area (Å²) in [7, 11) is 1.60. The fourth-order valence-corrected chi connectivity index (χ4v) is 2.95. The van der Waals surface area contributed by atoms with Crippen LogP contribution in [0, 0.1) is 5.82 Å². The smallest absolute Gasteiger partial charge is 0.227 e. The molecule has 3 aromatic rings. The van der Waals surface area contributed by atoms with E-state index in [9.17, 15) is 4.39 Å². The van der Waals surface area contributed by atoms with Gasteiger partial charge in [-0.15, -0.1) is 10.2 Å². The highest BCUT2D eigenvalue weighted by Gasteiger charge is 2.17. The average molecular weight is 397 g/mol. The fourth-order valence-electron chi connectivity index (χ4n) is 2.95. The number of hydrogen-bond donors (Lipinski definition) is 2. The van der Waals surface area contributed by atoms with E-state index in [-0.39, 0.29) is 11.6 Å². The summed E-state index contributed by atoms with van der Waals surface area (Å²) in [5.41, 5.74) is 7.48. The van der Waals surface area contributed by atoms with Crippen molar-refractivity contribution in [3.05, 3.63) is 42.3 Å². The number of nitrogens with zero attached hydrogens (tertiary/aromatic N) is 5. The molecule has 0 radical (unpaired) electrons. The first-order valence-corrected chi connectivity index (χ1v) is 9.04. The van der Waals surface area contributed by atoms with Gasteiger partial charge < -0.3 is 25.4 Å². The van der Waals surface area contributed by atoms with Crippen molar-refractivity contribution < 1.29 is 13.9 Å². The van der Waals surface area contributed by atoms with Gasteiger partial charge in [0.1, 0.15) is 5.75 Å². The standard InChI is InChI=1S/C19H20FN7O2/c1-28-13-4-2-12(3-5-13)14-10-16(25-26-17(14)21)23-18-15(20)11-22-19(24-18)27-6-8-29-9-7-27/h2-5,10-11H,6-9H2,1H3,(H2,21,26)(H,22,23,24,25). The number of benzene rings is 1. The van der Waals surface area contributed by atoms with Crippen LogP contribution in [0.2, 0.25) is 0 Å². The number of halogens is 1. The Kier molecular flexibility index (Phi) is 5.34. The van der Waals surface area contributed by atoms with Crippen molar-refractivity contribution in [2.75, 3.05) is 49.4 Å². The predicted octanol–water partition coefficient (Wildman–Crippen LogP) is 2.24. The lowest BCUT2D eigenvalue weighted by molar-refractivity contribution is 0.122. The molecule has 1 fully saturated rings. The highest BCUT2D eigenvalue weighted by atomic mass is 19.1. The molecule has 1 aromatic carbocycles. The second-order valence-electron chi connectivity index (χ2n) is 6.35.